The van der Waals surface area contributed by atoms with E-state index in [2.05, 4.69) is 15.5 Å². The summed E-state index contributed by atoms with van der Waals surface area (Å²) in [7, 11) is -3.54. The van der Waals surface area contributed by atoms with E-state index in [4.69, 9.17) is 5.73 Å². The van der Waals surface area contributed by atoms with Gasteiger partial charge in [-0.25, -0.2) is 8.42 Å². The number of fused-ring (bicyclic) bond motifs is 1. The Labute approximate surface area is 152 Å². The lowest BCUT2D eigenvalue weighted by molar-refractivity contribution is 0.445. The second-order valence-corrected chi connectivity index (χ2v) is 7.74. The molecule has 3 N–H and O–H groups in total. The van der Waals surface area contributed by atoms with Crippen LogP contribution in [0.4, 0.5) is 11.6 Å². The zero-order valence-corrected chi connectivity index (χ0v) is 15.6. The van der Waals surface area contributed by atoms with Crippen molar-refractivity contribution in [3.63, 3.8) is 0 Å². The van der Waals surface area contributed by atoms with Crippen LogP contribution in [-0.2, 0) is 16.6 Å². The number of nitrogens with two attached hydrogens (primary N) is 1. The van der Waals surface area contributed by atoms with Gasteiger partial charge in [0.05, 0.1) is 4.90 Å². The number of aromatic nitrogens is 3. The molecule has 0 atom stereocenters. The Morgan fingerprint density at radius 3 is 2.42 bits per heavy atom. The Hall–Kier alpha value is -2.65. The molecule has 1 aromatic carbocycles. The first-order valence-corrected chi connectivity index (χ1v) is 9.83. The average molecular weight is 374 g/mol. The van der Waals surface area contributed by atoms with E-state index >= 15 is 0 Å². The molecule has 0 radical (unpaired) electrons. The maximum absolute atomic E-state index is 12.7. The van der Waals surface area contributed by atoms with Crippen LogP contribution in [0.25, 0.3) is 5.65 Å². The van der Waals surface area contributed by atoms with Crippen LogP contribution >= 0.6 is 0 Å². The van der Waals surface area contributed by atoms with E-state index in [9.17, 15) is 8.42 Å². The van der Waals surface area contributed by atoms with Crippen molar-refractivity contribution in [2.75, 3.05) is 24.1 Å². The number of nitrogen functional groups attached to an aromatic ring is 1. The molecule has 138 valence electrons. The summed E-state index contributed by atoms with van der Waals surface area (Å²) >= 11 is 0. The van der Waals surface area contributed by atoms with Crippen LogP contribution in [0.5, 0.6) is 0 Å². The highest BCUT2D eigenvalue weighted by molar-refractivity contribution is 7.89. The standard InChI is InChI=1S/C17H22N6O2S/c1-3-22(4-2)26(24,25)15-9-10-16-20-21-17(23(16)12-15)19-11-13-5-7-14(18)8-6-13/h5-10,12H,3-4,11,18H2,1-2H3,(H,19,21). The van der Waals surface area contributed by atoms with Gasteiger partial charge < -0.3 is 11.1 Å². The molecule has 2 aromatic heterocycles. The van der Waals surface area contributed by atoms with Crippen molar-refractivity contribution in [3.8, 4) is 0 Å². The van der Waals surface area contributed by atoms with Crippen LogP contribution in [0.3, 0.4) is 0 Å². The minimum absolute atomic E-state index is 0.212. The monoisotopic (exact) mass is 374 g/mol. The number of nitrogens with one attached hydrogen (secondary N) is 1. The molecule has 0 saturated carbocycles. The van der Waals surface area contributed by atoms with E-state index in [1.54, 1.807) is 22.7 Å². The molecule has 8 nitrogen and oxygen atoms in total. The highest BCUT2D eigenvalue weighted by Crippen LogP contribution is 2.19. The summed E-state index contributed by atoms with van der Waals surface area (Å²) in [5.41, 5.74) is 7.99. The average Bonchev–Trinajstić information content (AvgIpc) is 3.04. The van der Waals surface area contributed by atoms with Crippen molar-refractivity contribution in [1.82, 2.24) is 18.9 Å². The number of benzene rings is 1. The Bertz CT molecular complexity index is 994. The molecule has 0 aliphatic carbocycles. The van der Waals surface area contributed by atoms with Crippen LogP contribution < -0.4 is 11.1 Å². The van der Waals surface area contributed by atoms with Crippen molar-refractivity contribution in [3.05, 3.63) is 48.2 Å². The summed E-state index contributed by atoms with van der Waals surface area (Å²) in [4.78, 5) is 0.212. The molecule has 0 bridgehead atoms. The number of anilines is 2. The quantitative estimate of drug-likeness (QED) is 0.613. The van der Waals surface area contributed by atoms with Gasteiger partial charge in [-0.2, -0.15) is 4.31 Å². The zero-order valence-electron chi connectivity index (χ0n) is 14.8. The first-order chi connectivity index (χ1) is 12.5. The van der Waals surface area contributed by atoms with Crippen molar-refractivity contribution >= 4 is 27.3 Å². The topological polar surface area (TPSA) is 106 Å². The van der Waals surface area contributed by atoms with Gasteiger partial charge in [-0.15, -0.1) is 10.2 Å². The molecule has 3 rings (SSSR count). The van der Waals surface area contributed by atoms with Gasteiger partial charge in [0.25, 0.3) is 0 Å². The van der Waals surface area contributed by atoms with E-state index < -0.39 is 10.0 Å². The van der Waals surface area contributed by atoms with Gasteiger partial charge in [-0.3, -0.25) is 4.40 Å². The van der Waals surface area contributed by atoms with Gasteiger partial charge in [0, 0.05) is 31.5 Å². The third-order valence-electron chi connectivity index (χ3n) is 4.15. The number of sulfonamides is 1. The number of pyridine rings is 1. The SMILES string of the molecule is CCN(CC)S(=O)(=O)c1ccc2nnc(NCc3ccc(N)cc3)n2c1. The molecular formula is C17H22N6O2S. The van der Waals surface area contributed by atoms with Gasteiger partial charge in [0.15, 0.2) is 5.65 Å². The summed E-state index contributed by atoms with van der Waals surface area (Å²) in [5, 5.41) is 11.4. The summed E-state index contributed by atoms with van der Waals surface area (Å²) in [6.45, 7) is 4.99. The molecule has 3 aromatic rings. The van der Waals surface area contributed by atoms with E-state index in [1.165, 1.54) is 4.31 Å². The molecule has 26 heavy (non-hydrogen) atoms. The Morgan fingerprint density at radius 1 is 1.08 bits per heavy atom. The molecule has 0 aliphatic rings. The van der Waals surface area contributed by atoms with Crippen LogP contribution in [0.2, 0.25) is 0 Å². The summed E-state index contributed by atoms with van der Waals surface area (Å²) < 4.78 is 28.5. The van der Waals surface area contributed by atoms with Crippen LogP contribution in [-0.4, -0.2) is 40.4 Å². The summed E-state index contributed by atoms with van der Waals surface area (Å²) in [6.07, 6.45) is 1.55. The van der Waals surface area contributed by atoms with Gasteiger partial charge in [0.1, 0.15) is 0 Å². The lowest BCUT2D eigenvalue weighted by Crippen LogP contribution is -2.30. The molecule has 0 aliphatic heterocycles. The smallest absolute Gasteiger partial charge is 0.244 e. The second kappa shape index (κ2) is 7.30. The lowest BCUT2D eigenvalue weighted by Gasteiger charge is -2.18. The van der Waals surface area contributed by atoms with Crippen molar-refractivity contribution in [2.24, 2.45) is 0 Å². The molecule has 2 heterocycles. The van der Waals surface area contributed by atoms with E-state index in [1.807, 2.05) is 38.1 Å². The maximum atomic E-state index is 12.7. The third kappa shape index (κ3) is 3.49. The summed E-state index contributed by atoms with van der Waals surface area (Å²) in [5.74, 6) is 0.480. The van der Waals surface area contributed by atoms with Crippen LogP contribution in [0.15, 0.2) is 47.5 Å². The van der Waals surface area contributed by atoms with Crippen molar-refractivity contribution in [2.45, 2.75) is 25.3 Å². The molecule has 0 fully saturated rings. The van der Waals surface area contributed by atoms with Gasteiger partial charge in [-0.05, 0) is 29.8 Å². The van der Waals surface area contributed by atoms with Gasteiger partial charge in [-0.1, -0.05) is 26.0 Å². The van der Waals surface area contributed by atoms with E-state index in [0.717, 1.165) is 5.56 Å². The normalized spacial score (nSPS) is 12.0. The van der Waals surface area contributed by atoms with Crippen LogP contribution in [0.1, 0.15) is 19.4 Å². The number of nitrogens with zero attached hydrogens (tertiary/aromatic N) is 4. The predicted molar refractivity (Wildman–Crippen MR) is 101 cm³/mol. The highest BCUT2D eigenvalue weighted by Gasteiger charge is 2.22. The lowest BCUT2D eigenvalue weighted by atomic mass is 10.2. The number of hydrogen-bond acceptors (Lipinski definition) is 6. The molecule has 0 saturated heterocycles. The Morgan fingerprint density at radius 2 is 1.77 bits per heavy atom. The van der Waals surface area contributed by atoms with Gasteiger partial charge in [0.2, 0.25) is 16.0 Å². The number of rotatable bonds is 7. The van der Waals surface area contributed by atoms with Gasteiger partial charge >= 0.3 is 0 Å². The molecular weight excluding hydrogens is 352 g/mol. The van der Waals surface area contributed by atoms with Crippen LogP contribution in [0, 0.1) is 0 Å². The molecule has 0 unspecified atom stereocenters. The molecule has 0 amide bonds. The fraction of sp³-hybridized carbons (Fsp3) is 0.294. The minimum atomic E-state index is -3.54. The first-order valence-electron chi connectivity index (χ1n) is 8.39. The highest BCUT2D eigenvalue weighted by atomic mass is 32.2. The molecule has 9 heteroatoms. The zero-order chi connectivity index (χ0) is 18.7. The largest absolute Gasteiger partial charge is 0.399 e. The fourth-order valence-corrected chi connectivity index (χ4v) is 4.13. The third-order valence-corrected chi connectivity index (χ3v) is 6.18. The molecule has 0 spiro atoms. The first kappa shape index (κ1) is 18.2. The van der Waals surface area contributed by atoms with Crippen molar-refractivity contribution in [1.29, 1.82) is 0 Å². The Kier molecular flexibility index (Phi) is 5.10. The maximum Gasteiger partial charge on any atom is 0.244 e. The van der Waals surface area contributed by atoms with E-state index in [-0.39, 0.29) is 4.90 Å². The van der Waals surface area contributed by atoms with E-state index in [0.29, 0.717) is 36.9 Å². The summed E-state index contributed by atoms with van der Waals surface area (Å²) in [6, 6.07) is 10.7. The minimum Gasteiger partial charge on any atom is -0.399 e. The van der Waals surface area contributed by atoms with Crippen molar-refractivity contribution < 1.29 is 8.42 Å². The number of hydrogen-bond donors (Lipinski definition) is 2. The predicted octanol–water partition coefficient (Wildman–Crippen LogP) is 1.95. The Balaban J connectivity index is 1.89. The fourth-order valence-electron chi connectivity index (χ4n) is 2.67. The second-order valence-electron chi connectivity index (χ2n) is 5.80.